The SMILES string of the molecule is Cn1ccnc1C(O)C1CCN(c2cc3ccccc3c(Cl)n2)CC1. The molecule has 1 aliphatic heterocycles. The maximum absolute atomic E-state index is 10.6. The van der Waals surface area contributed by atoms with Gasteiger partial charge in [-0.3, -0.25) is 0 Å². The summed E-state index contributed by atoms with van der Waals surface area (Å²) in [5, 5.41) is 13.2. The predicted octanol–water partition coefficient (Wildman–Crippen LogP) is 3.57. The Kier molecular flexibility index (Phi) is 4.36. The van der Waals surface area contributed by atoms with E-state index in [9.17, 15) is 5.11 Å². The molecule has 0 saturated carbocycles. The van der Waals surface area contributed by atoms with Gasteiger partial charge < -0.3 is 14.6 Å². The molecule has 4 rings (SSSR count). The van der Waals surface area contributed by atoms with Gasteiger partial charge in [-0.1, -0.05) is 35.9 Å². The highest BCUT2D eigenvalue weighted by Crippen LogP contribution is 2.33. The molecule has 0 aliphatic carbocycles. The highest BCUT2D eigenvalue weighted by Gasteiger charge is 2.29. The lowest BCUT2D eigenvalue weighted by Crippen LogP contribution is -2.36. The van der Waals surface area contributed by atoms with Crippen LogP contribution in [-0.4, -0.2) is 32.7 Å². The van der Waals surface area contributed by atoms with Crippen LogP contribution in [-0.2, 0) is 7.05 Å². The molecule has 130 valence electrons. The minimum atomic E-state index is -0.518. The second-order valence-electron chi connectivity index (χ2n) is 6.66. The van der Waals surface area contributed by atoms with Crippen LogP contribution in [0, 0.1) is 5.92 Å². The number of aromatic nitrogens is 3. The molecule has 0 radical (unpaired) electrons. The molecule has 0 spiro atoms. The number of aliphatic hydroxyl groups excluding tert-OH is 1. The number of hydrogen-bond donors (Lipinski definition) is 1. The third kappa shape index (κ3) is 3.10. The Hall–Kier alpha value is -2.11. The lowest BCUT2D eigenvalue weighted by Gasteiger charge is -2.34. The van der Waals surface area contributed by atoms with Crippen molar-refractivity contribution in [2.24, 2.45) is 13.0 Å². The second kappa shape index (κ2) is 6.65. The molecule has 2 aromatic heterocycles. The van der Waals surface area contributed by atoms with Crippen molar-refractivity contribution in [3.05, 3.63) is 53.7 Å². The summed E-state index contributed by atoms with van der Waals surface area (Å²) in [4.78, 5) is 11.1. The highest BCUT2D eigenvalue weighted by atomic mass is 35.5. The minimum absolute atomic E-state index is 0.216. The maximum Gasteiger partial charge on any atom is 0.139 e. The van der Waals surface area contributed by atoms with Crippen LogP contribution in [0.2, 0.25) is 5.15 Å². The highest BCUT2D eigenvalue weighted by molar-refractivity contribution is 6.34. The number of pyridine rings is 1. The number of fused-ring (bicyclic) bond motifs is 1. The van der Waals surface area contributed by atoms with E-state index in [0.717, 1.165) is 48.3 Å². The molecular weight excluding hydrogens is 336 g/mol. The molecule has 6 heteroatoms. The van der Waals surface area contributed by atoms with Crippen LogP contribution in [0.3, 0.4) is 0 Å². The molecule has 1 N–H and O–H groups in total. The number of halogens is 1. The van der Waals surface area contributed by atoms with Gasteiger partial charge >= 0.3 is 0 Å². The number of imidazole rings is 1. The second-order valence-corrected chi connectivity index (χ2v) is 7.02. The van der Waals surface area contributed by atoms with E-state index in [0.29, 0.717) is 5.15 Å². The van der Waals surface area contributed by atoms with E-state index in [1.165, 1.54) is 0 Å². The minimum Gasteiger partial charge on any atom is -0.385 e. The number of piperidine rings is 1. The summed E-state index contributed by atoms with van der Waals surface area (Å²) in [7, 11) is 1.92. The van der Waals surface area contributed by atoms with Crippen LogP contribution < -0.4 is 4.90 Å². The van der Waals surface area contributed by atoms with Crippen molar-refractivity contribution in [1.29, 1.82) is 0 Å². The maximum atomic E-state index is 10.6. The van der Waals surface area contributed by atoms with Crippen molar-refractivity contribution in [3.63, 3.8) is 0 Å². The number of aliphatic hydroxyl groups is 1. The van der Waals surface area contributed by atoms with Gasteiger partial charge in [0.2, 0.25) is 0 Å². The predicted molar refractivity (Wildman–Crippen MR) is 99.9 cm³/mol. The average Bonchev–Trinajstić information content (AvgIpc) is 3.07. The molecular formula is C19H21ClN4O. The van der Waals surface area contributed by atoms with E-state index in [-0.39, 0.29) is 5.92 Å². The molecule has 1 aromatic carbocycles. The van der Waals surface area contributed by atoms with Gasteiger partial charge in [0.15, 0.2) is 0 Å². The lowest BCUT2D eigenvalue weighted by molar-refractivity contribution is 0.0824. The molecule has 3 aromatic rings. The fourth-order valence-corrected chi connectivity index (χ4v) is 3.88. The number of nitrogens with zero attached hydrogens (tertiary/aromatic N) is 4. The van der Waals surface area contributed by atoms with Crippen molar-refractivity contribution in [2.45, 2.75) is 18.9 Å². The van der Waals surface area contributed by atoms with Crippen LogP contribution >= 0.6 is 11.6 Å². The summed E-state index contributed by atoms with van der Waals surface area (Å²) < 4.78 is 1.89. The Labute approximate surface area is 151 Å². The summed E-state index contributed by atoms with van der Waals surface area (Å²) in [5.41, 5.74) is 0. The Morgan fingerprint density at radius 3 is 2.72 bits per heavy atom. The Balaban J connectivity index is 1.49. The molecule has 1 aliphatic rings. The van der Waals surface area contributed by atoms with Gasteiger partial charge in [0, 0.05) is 37.9 Å². The number of aryl methyl sites for hydroxylation is 1. The standard InChI is InChI=1S/C19H21ClN4O/c1-23-11-8-21-19(23)17(25)13-6-9-24(10-7-13)16-12-14-4-2-3-5-15(14)18(20)22-16/h2-5,8,11-13,17,25H,6-7,9-10H2,1H3. The van der Waals surface area contributed by atoms with Crippen LogP contribution in [0.15, 0.2) is 42.7 Å². The third-order valence-corrected chi connectivity index (χ3v) is 5.40. The Bertz CT molecular complexity index is 886. The van der Waals surface area contributed by atoms with Crippen LogP contribution in [0.1, 0.15) is 24.8 Å². The van der Waals surface area contributed by atoms with Gasteiger partial charge in [-0.25, -0.2) is 9.97 Å². The van der Waals surface area contributed by atoms with Gasteiger partial charge in [-0.2, -0.15) is 0 Å². The zero-order valence-electron chi connectivity index (χ0n) is 14.1. The molecule has 5 nitrogen and oxygen atoms in total. The van der Waals surface area contributed by atoms with E-state index >= 15 is 0 Å². The summed E-state index contributed by atoms with van der Waals surface area (Å²) >= 11 is 6.36. The molecule has 1 unspecified atom stereocenters. The Morgan fingerprint density at radius 1 is 1.24 bits per heavy atom. The van der Waals surface area contributed by atoms with Crippen molar-refractivity contribution < 1.29 is 5.11 Å². The lowest BCUT2D eigenvalue weighted by atomic mass is 9.90. The van der Waals surface area contributed by atoms with E-state index in [1.54, 1.807) is 6.20 Å². The molecule has 25 heavy (non-hydrogen) atoms. The fourth-order valence-electron chi connectivity index (χ4n) is 3.62. The fraction of sp³-hybridized carbons (Fsp3) is 0.368. The largest absolute Gasteiger partial charge is 0.385 e. The number of rotatable bonds is 3. The van der Waals surface area contributed by atoms with Crippen molar-refractivity contribution >= 4 is 28.2 Å². The van der Waals surface area contributed by atoms with Gasteiger partial charge in [0.05, 0.1) is 0 Å². The Morgan fingerprint density at radius 2 is 2.00 bits per heavy atom. The summed E-state index contributed by atoms with van der Waals surface area (Å²) in [6.45, 7) is 1.71. The molecule has 3 heterocycles. The summed E-state index contributed by atoms with van der Waals surface area (Å²) in [5.74, 6) is 1.87. The first-order valence-corrected chi connectivity index (χ1v) is 8.97. The van der Waals surface area contributed by atoms with Gasteiger partial charge in [-0.05, 0) is 30.2 Å². The smallest absolute Gasteiger partial charge is 0.139 e. The monoisotopic (exact) mass is 356 g/mol. The topological polar surface area (TPSA) is 54.2 Å². The molecule has 0 bridgehead atoms. The van der Waals surface area contributed by atoms with Crippen molar-refractivity contribution in [3.8, 4) is 0 Å². The first-order valence-electron chi connectivity index (χ1n) is 8.59. The average molecular weight is 357 g/mol. The van der Waals surface area contributed by atoms with Crippen LogP contribution in [0.25, 0.3) is 10.8 Å². The van der Waals surface area contributed by atoms with E-state index < -0.39 is 6.10 Å². The van der Waals surface area contributed by atoms with Crippen LogP contribution in [0.4, 0.5) is 5.82 Å². The summed E-state index contributed by atoms with van der Waals surface area (Å²) in [6, 6.07) is 10.1. The molecule has 0 amide bonds. The summed E-state index contributed by atoms with van der Waals surface area (Å²) in [6.07, 6.45) is 4.89. The van der Waals surface area contributed by atoms with Crippen LogP contribution in [0.5, 0.6) is 0 Å². The molecule has 1 fully saturated rings. The van der Waals surface area contributed by atoms with E-state index in [4.69, 9.17) is 11.6 Å². The van der Waals surface area contributed by atoms with E-state index in [1.807, 2.05) is 36.0 Å². The zero-order chi connectivity index (χ0) is 17.4. The van der Waals surface area contributed by atoms with Crippen molar-refractivity contribution in [2.75, 3.05) is 18.0 Å². The number of hydrogen-bond acceptors (Lipinski definition) is 4. The number of benzene rings is 1. The zero-order valence-corrected chi connectivity index (χ0v) is 14.9. The van der Waals surface area contributed by atoms with Gasteiger partial charge in [-0.15, -0.1) is 0 Å². The molecule has 1 saturated heterocycles. The first-order chi connectivity index (χ1) is 12.1. The van der Waals surface area contributed by atoms with Gasteiger partial charge in [0.1, 0.15) is 22.9 Å². The van der Waals surface area contributed by atoms with Crippen molar-refractivity contribution in [1.82, 2.24) is 14.5 Å². The quantitative estimate of drug-likeness (QED) is 0.729. The normalized spacial score (nSPS) is 17.2. The van der Waals surface area contributed by atoms with Gasteiger partial charge in [0.25, 0.3) is 0 Å². The third-order valence-electron chi connectivity index (χ3n) is 5.11. The first kappa shape index (κ1) is 16.4. The van der Waals surface area contributed by atoms with E-state index in [2.05, 4.69) is 27.0 Å². The number of anilines is 1. The molecule has 1 atom stereocenters.